The van der Waals surface area contributed by atoms with Crippen molar-refractivity contribution in [2.75, 3.05) is 10.5 Å². The molecule has 0 amide bonds. The summed E-state index contributed by atoms with van der Waals surface area (Å²) in [6.45, 7) is 0. The second kappa shape index (κ2) is 8.73. The molecule has 166 valence electrons. The zero-order valence-corrected chi connectivity index (χ0v) is 18.5. The van der Waals surface area contributed by atoms with E-state index in [0.717, 1.165) is 24.1 Å². The molecule has 0 radical (unpaired) electrons. The van der Waals surface area contributed by atoms with E-state index in [1.807, 2.05) is 12.3 Å². The van der Waals surface area contributed by atoms with Gasteiger partial charge < -0.3 is 14.9 Å². The lowest BCUT2D eigenvalue weighted by molar-refractivity contribution is 0.532. The van der Waals surface area contributed by atoms with Crippen LogP contribution in [0.4, 0.5) is 15.9 Å². The zero-order valence-electron chi connectivity index (χ0n) is 17.7. The maximum Gasteiger partial charge on any atom is 0.197 e. The van der Waals surface area contributed by atoms with Crippen LogP contribution in [0.5, 0.6) is 0 Å². The second-order valence-electron chi connectivity index (χ2n) is 8.02. The fourth-order valence-electron chi connectivity index (χ4n) is 4.43. The van der Waals surface area contributed by atoms with Gasteiger partial charge in [-0.2, -0.15) is 5.26 Å². The monoisotopic (exact) mass is 460 g/mol. The fraction of sp³-hybridized carbons (Fsp3) is 0.208. The number of nitrogens with zero attached hydrogens (tertiary/aromatic N) is 4. The molecule has 0 saturated heterocycles. The van der Waals surface area contributed by atoms with Gasteiger partial charge in [0.2, 0.25) is 0 Å². The van der Waals surface area contributed by atoms with Crippen LogP contribution in [0.3, 0.4) is 0 Å². The molecule has 0 spiro atoms. The quantitative estimate of drug-likeness (QED) is 0.408. The van der Waals surface area contributed by atoms with E-state index in [4.69, 9.17) is 5.73 Å². The van der Waals surface area contributed by atoms with E-state index in [0.29, 0.717) is 27.7 Å². The number of hydrogen-bond acceptors (Lipinski definition) is 6. The maximum absolute atomic E-state index is 15.1. The summed E-state index contributed by atoms with van der Waals surface area (Å²) in [5.41, 5.74) is 8.69. The molecule has 0 aliphatic heterocycles. The van der Waals surface area contributed by atoms with E-state index in [9.17, 15) is 9.81 Å². The van der Waals surface area contributed by atoms with E-state index in [1.54, 1.807) is 30.3 Å². The van der Waals surface area contributed by atoms with Gasteiger partial charge in [-0.05, 0) is 42.7 Å². The van der Waals surface area contributed by atoms with E-state index >= 15 is 4.39 Å². The third kappa shape index (κ3) is 3.88. The van der Waals surface area contributed by atoms with Crippen molar-refractivity contribution in [3.63, 3.8) is 0 Å². The molecule has 1 aliphatic carbocycles. The minimum Gasteiger partial charge on any atom is -0.588 e. The topological polar surface area (TPSA) is 116 Å². The third-order valence-electron chi connectivity index (χ3n) is 6.05. The first-order valence-electron chi connectivity index (χ1n) is 10.7. The summed E-state index contributed by atoms with van der Waals surface area (Å²) in [5, 5.41) is 9.94. The van der Waals surface area contributed by atoms with Gasteiger partial charge >= 0.3 is 0 Å². The molecular formula is C24H21FN6OS. The lowest BCUT2D eigenvalue weighted by Crippen LogP contribution is -2.15. The normalized spacial score (nSPS) is 14.9. The van der Waals surface area contributed by atoms with Gasteiger partial charge in [-0.3, -0.25) is 0 Å². The third-order valence-corrected chi connectivity index (χ3v) is 7.21. The molecule has 9 heteroatoms. The molecule has 2 heterocycles. The first-order chi connectivity index (χ1) is 16.1. The lowest BCUT2D eigenvalue weighted by atomic mass is 10.1. The Morgan fingerprint density at radius 1 is 1.18 bits per heavy atom. The van der Waals surface area contributed by atoms with Crippen molar-refractivity contribution in [1.82, 2.24) is 14.5 Å². The van der Waals surface area contributed by atoms with Crippen molar-refractivity contribution in [1.29, 1.82) is 5.26 Å². The number of nitrogens with two attached hydrogens (primary N) is 1. The van der Waals surface area contributed by atoms with Crippen LogP contribution < -0.4 is 10.5 Å². The number of rotatable bonds is 5. The smallest absolute Gasteiger partial charge is 0.197 e. The molecule has 1 fully saturated rings. The van der Waals surface area contributed by atoms with Crippen molar-refractivity contribution in [3.8, 4) is 17.2 Å². The van der Waals surface area contributed by atoms with Crippen molar-refractivity contribution in [3.05, 3.63) is 66.4 Å². The minimum absolute atomic E-state index is 0.0774. The van der Waals surface area contributed by atoms with E-state index in [1.165, 1.54) is 31.3 Å². The molecule has 0 bridgehead atoms. The Balaban J connectivity index is 1.51. The van der Waals surface area contributed by atoms with Crippen LogP contribution in [0.15, 0.2) is 59.9 Å². The Hall–Kier alpha value is -3.61. The molecule has 3 N–H and O–H groups in total. The predicted molar refractivity (Wildman–Crippen MR) is 126 cm³/mol. The molecule has 1 atom stereocenters. The fourth-order valence-corrected chi connectivity index (χ4v) is 5.42. The molecule has 1 unspecified atom stereocenters. The zero-order chi connectivity index (χ0) is 22.9. The van der Waals surface area contributed by atoms with Gasteiger partial charge in [0, 0.05) is 17.8 Å². The van der Waals surface area contributed by atoms with E-state index in [2.05, 4.69) is 19.3 Å². The summed E-state index contributed by atoms with van der Waals surface area (Å²) >= 11 is -1.79. The number of anilines is 2. The summed E-state index contributed by atoms with van der Waals surface area (Å²) in [5.74, 6) is -0.212. The number of aromatic nitrogens is 3. The summed E-state index contributed by atoms with van der Waals surface area (Å²) in [6.07, 6.45) is 7.91. The van der Waals surface area contributed by atoms with Gasteiger partial charge in [0.05, 0.1) is 5.39 Å². The van der Waals surface area contributed by atoms with E-state index < -0.39 is 17.2 Å². The van der Waals surface area contributed by atoms with Gasteiger partial charge in [0.15, 0.2) is 10.7 Å². The van der Waals surface area contributed by atoms with E-state index in [-0.39, 0.29) is 11.3 Å². The Kier molecular flexibility index (Phi) is 5.62. The summed E-state index contributed by atoms with van der Waals surface area (Å²) in [4.78, 5) is 8.90. The number of nitriles is 1. The number of halogens is 1. The van der Waals surface area contributed by atoms with Crippen molar-refractivity contribution in [2.45, 2.75) is 36.6 Å². The number of fused-ring (bicyclic) bond motifs is 1. The number of hydrogen-bond donors (Lipinski definition) is 2. The molecule has 4 aromatic rings. The number of nitrogens with one attached hydrogen (secondary N) is 1. The molecule has 1 aliphatic rings. The van der Waals surface area contributed by atoms with Crippen molar-refractivity contribution >= 4 is 33.9 Å². The van der Waals surface area contributed by atoms with Crippen LogP contribution >= 0.6 is 0 Å². The van der Waals surface area contributed by atoms with Gasteiger partial charge in [-0.15, -0.1) is 0 Å². The van der Waals surface area contributed by atoms with Crippen molar-refractivity contribution in [2.24, 2.45) is 0 Å². The standard InChI is InChI=1S/C24H21FN6OS/c25-19-11-15(9-10-20(19)30-33(32)21-8-4-1-5-16(21)12-26)18-13-31(17-6-2-3-7-17)24-22(18)23(27)28-14-29-24/h1,4-5,8-11,13-14,17,30H,2-3,6-7H2,(H2,27,28,29). The first kappa shape index (κ1) is 21.2. The summed E-state index contributed by atoms with van der Waals surface area (Å²) in [7, 11) is 0. The average Bonchev–Trinajstić information content (AvgIpc) is 3.49. The predicted octanol–water partition coefficient (Wildman–Crippen LogP) is 4.94. The molecule has 33 heavy (non-hydrogen) atoms. The van der Waals surface area contributed by atoms with Gasteiger partial charge in [0.25, 0.3) is 0 Å². The van der Waals surface area contributed by atoms with Gasteiger partial charge in [-0.25, -0.2) is 19.1 Å². The Labute approximate surface area is 193 Å². The van der Waals surface area contributed by atoms with Crippen LogP contribution in [0.1, 0.15) is 37.3 Å². The highest BCUT2D eigenvalue weighted by molar-refractivity contribution is 7.92. The average molecular weight is 461 g/mol. The molecule has 5 rings (SSSR count). The van der Waals surface area contributed by atoms with Crippen LogP contribution in [-0.2, 0) is 11.4 Å². The highest BCUT2D eigenvalue weighted by Crippen LogP contribution is 2.39. The first-order valence-corrected chi connectivity index (χ1v) is 11.8. The summed E-state index contributed by atoms with van der Waals surface area (Å²) in [6, 6.07) is 13.5. The van der Waals surface area contributed by atoms with Crippen LogP contribution in [0.25, 0.3) is 22.2 Å². The highest BCUT2D eigenvalue weighted by atomic mass is 32.2. The van der Waals surface area contributed by atoms with Crippen LogP contribution in [0.2, 0.25) is 0 Å². The molecular weight excluding hydrogens is 439 g/mol. The SMILES string of the molecule is N#Cc1ccccc1[S+]([O-])Nc1ccc(-c2cn(C3CCCC3)c3ncnc(N)c23)cc1F. The molecule has 1 saturated carbocycles. The van der Waals surface area contributed by atoms with Crippen LogP contribution in [0, 0.1) is 17.1 Å². The van der Waals surface area contributed by atoms with Crippen molar-refractivity contribution < 1.29 is 8.94 Å². The highest BCUT2D eigenvalue weighted by Gasteiger charge is 2.24. The molecule has 7 nitrogen and oxygen atoms in total. The maximum atomic E-state index is 15.1. The number of nitrogen functional groups attached to an aromatic ring is 1. The van der Waals surface area contributed by atoms with Gasteiger partial charge in [0.1, 0.15) is 46.5 Å². The Morgan fingerprint density at radius 2 is 1.97 bits per heavy atom. The molecule has 2 aromatic heterocycles. The van der Waals surface area contributed by atoms with Crippen LogP contribution in [-0.4, -0.2) is 19.1 Å². The summed E-state index contributed by atoms with van der Waals surface area (Å²) < 4.78 is 32.6. The minimum atomic E-state index is -1.79. The largest absolute Gasteiger partial charge is 0.588 e. The number of benzene rings is 2. The molecule has 2 aromatic carbocycles. The Bertz CT molecular complexity index is 1380. The lowest BCUT2D eigenvalue weighted by Gasteiger charge is -2.13. The Morgan fingerprint density at radius 3 is 2.73 bits per heavy atom. The van der Waals surface area contributed by atoms with Gasteiger partial charge in [-0.1, -0.05) is 31.0 Å². The second-order valence-corrected chi connectivity index (χ2v) is 9.20.